The molecule has 0 aromatic carbocycles. The van der Waals surface area contributed by atoms with E-state index in [-0.39, 0.29) is 30.6 Å². The molecule has 2 aromatic heterocycles. The third-order valence-electron chi connectivity index (χ3n) is 4.69. The van der Waals surface area contributed by atoms with E-state index in [4.69, 9.17) is 22.1 Å². The standard InChI is InChI=1S/C16H17ClF2N4O/c17-12-3-10(7-21-15(12)20)13-4-14(9-1-2-24-8-9)23(22-13)11-5-16(18,19)6-11/h3-4,7,9,11H,1-2,5-6,8H2,(H2,20,21). The van der Waals surface area contributed by atoms with Crippen LogP contribution in [0.25, 0.3) is 11.3 Å². The number of halogens is 3. The molecule has 128 valence electrons. The zero-order chi connectivity index (χ0) is 16.9. The van der Waals surface area contributed by atoms with Crippen molar-refractivity contribution in [3.05, 3.63) is 29.0 Å². The average molecular weight is 355 g/mol. The van der Waals surface area contributed by atoms with Crippen molar-refractivity contribution in [2.45, 2.75) is 37.1 Å². The van der Waals surface area contributed by atoms with Gasteiger partial charge in [0, 0.05) is 42.8 Å². The van der Waals surface area contributed by atoms with Gasteiger partial charge in [0.05, 0.1) is 23.4 Å². The second-order valence-corrected chi connectivity index (χ2v) is 6.88. The highest BCUT2D eigenvalue weighted by molar-refractivity contribution is 6.33. The summed E-state index contributed by atoms with van der Waals surface area (Å²) < 4.78 is 33.8. The lowest BCUT2D eigenvalue weighted by Gasteiger charge is -2.36. The maximum Gasteiger partial charge on any atom is 0.252 e. The van der Waals surface area contributed by atoms with Crippen LogP contribution in [0.5, 0.6) is 0 Å². The number of anilines is 1. The van der Waals surface area contributed by atoms with Crippen molar-refractivity contribution >= 4 is 17.4 Å². The molecule has 1 aliphatic heterocycles. The minimum Gasteiger partial charge on any atom is -0.382 e. The first kappa shape index (κ1) is 15.8. The van der Waals surface area contributed by atoms with E-state index >= 15 is 0 Å². The van der Waals surface area contributed by atoms with Crippen molar-refractivity contribution in [3.8, 4) is 11.3 Å². The number of rotatable bonds is 3. The van der Waals surface area contributed by atoms with E-state index in [0.717, 1.165) is 17.7 Å². The van der Waals surface area contributed by atoms with Crippen LogP contribution in [0.1, 0.15) is 36.9 Å². The van der Waals surface area contributed by atoms with Crippen LogP contribution in [0.2, 0.25) is 5.02 Å². The summed E-state index contributed by atoms with van der Waals surface area (Å²) in [6.45, 7) is 1.27. The van der Waals surface area contributed by atoms with Gasteiger partial charge in [-0.1, -0.05) is 11.6 Å². The number of pyridine rings is 1. The fourth-order valence-corrected chi connectivity index (χ4v) is 3.47. The van der Waals surface area contributed by atoms with Crippen molar-refractivity contribution in [1.29, 1.82) is 0 Å². The Morgan fingerprint density at radius 2 is 2.12 bits per heavy atom. The maximum atomic E-state index is 13.3. The summed E-state index contributed by atoms with van der Waals surface area (Å²) in [5.41, 5.74) is 7.97. The van der Waals surface area contributed by atoms with E-state index in [1.165, 1.54) is 0 Å². The van der Waals surface area contributed by atoms with Crippen LogP contribution < -0.4 is 5.73 Å². The number of aromatic nitrogens is 3. The lowest BCUT2D eigenvalue weighted by atomic mass is 9.87. The smallest absolute Gasteiger partial charge is 0.252 e. The number of hydrogen-bond acceptors (Lipinski definition) is 4. The van der Waals surface area contributed by atoms with Gasteiger partial charge in [-0.15, -0.1) is 0 Å². The van der Waals surface area contributed by atoms with Gasteiger partial charge < -0.3 is 10.5 Å². The molecule has 2 fully saturated rings. The van der Waals surface area contributed by atoms with E-state index in [2.05, 4.69) is 10.1 Å². The fraction of sp³-hybridized carbons (Fsp3) is 0.500. The molecule has 5 nitrogen and oxygen atoms in total. The minimum absolute atomic E-state index is 0.171. The Kier molecular flexibility index (Phi) is 3.73. The molecular formula is C16H17ClF2N4O. The molecule has 8 heteroatoms. The maximum absolute atomic E-state index is 13.3. The molecule has 2 aromatic rings. The predicted octanol–water partition coefficient (Wildman–Crippen LogP) is 3.65. The van der Waals surface area contributed by atoms with Gasteiger partial charge in [0.25, 0.3) is 5.92 Å². The summed E-state index contributed by atoms with van der Waals surface area (Å²) in [4.78, 5) is 4.05. The fourth-order valence-electron chi connectivity index (χ4n) is 3.31. The van der Waals surface area contributed by atoms with E-state index in [0.29, 0.717) is 23.9 Å². The Hall–Kier alpha value is -1.73. The van der Waals surface area contributed by atoms with Crippen molar-refractivity contribution in [2.24, 2.45) is 0 Å². The average Bonchev–Trinajstić information content (AvgIpc) is 3.15. The molecule has 3 heterocycles. The Labute approximate surface area is 142 Å². The second-order valence-electron chi connectivity index (χ2n) is 6.47. The Morgan fingerprint density at radius 1 is 1.33 bits per heavy atom. The van der Waals surface area contributed by atoms with Crippen LogP contribution >= 0.6 is 11.6 Å². The first-order valence-corrected chi connectivity index (χ1v) is 8.27. The topological polar surface area (TPSA) is 66.0 Å². The van der Waals surface area contributed by atoms with Crippen LogP contribution in [0.15, 0.2) is 18.3 Å². The molecule has 0 amide bonds. The summed E-state index contributed by atoms with van der Waals surface area (Å²) in [6, 6.07) is 3.35. The normalized spacial score (nSPS) is 23.4. The van der Waals surface area contributed by atoms with Crippen LogP contribution in [0.4, 0.5) is 14.6 Å². The summed E-state index contributed by atoms with van der Waals surface area (Å²) in [7, 11) is 0. The van der Waals surface area contributed by atoms with Gasteiger partial charge in [-0.3, -0.25) is 4.68 Å². The monoisotopic (exact) mass is 354 g/mol. The number of ether oxygens (including phenoxy) is 1. The SMILES string of the molecule is Nc1ncc(-c2cc(C3CCOC3)n(C3CC(F)(F)C3)n2)cc1Cl. The number of hydrogen-bond donors (Lipinski definition) is 1. The zero-order valence-corrected chi connectivity index (χ0v) is 13.6. The molecule has 1 saturated heterocycles. The first-order valence-electron chi connectivity index (χ1n) is 7.89. The molecule has 1 aliphatic carbocycles. The van der Waals surface area contributed by atoms with Gasteiger partial charge in [0.2, 0.25) is 0 Å². The van der Waals surface area contributed by atoms with E-state index in [9.17, 15) is 8.78 Å². The van der Waals surface area contributed by atoms with Crippen LogP contribution in [-0.2, 0) is 4.74 Å². The molecule has 0 radical (unpaired) electrons. The third-order valence-corrected chi connectivity index (χ3v) is 5.00. The van der Waals surface area contributed by atoms with Crippen molar-refractivity contribution < 1.29 is 13.5 Å². The largest absolute Gasteiger partial charge is 0.382 e. The van der Waals surface area contributed by atoms with Gasteiger partial charge in [0.1, 0.15) is 5.82 Å². The van der Waals surface area contributed by atoms with Gasteiger partial charge in [-0.05, 0) is 18.6 Å². The molecule has 24 heavy (non-hydrogen) atoms. The number of nitrogens with zero attached hydrogens (tertiary/aromatic N) is 3. The molecule has 4 rings (SSSR count). The summed E-state index contributed by atoms with van der Waals surface area (Å²) in [5.74, 6) is -2.16. The molecule has 1 unspecified atom stereocenters. The highest BCUT2D eigenvalue weighted by atomic mass is 35.5. The van der Waals surface area contributed by atoms with Crippen molar-refractivity contribution in [1.82, 2.24) is 14.8 Å². The van der Waals surface area contributed by atoms with Crippen molar-refractivity contribution in [3.63, 3.8) is 0 Å². The lowest BCUT2D eigenvalue weighted by molar-refractivity contribution is -0.107. The Bertz CT molecular complexity index is 765. The Balaban J connectivity index is 1.71. The van der Waals surface area contributed by atoms with Gasteiger partial charge >= 0.3 is 0 Å². The number of alkyl halides is 2. The molecule has 0 spiro atoms. The Morgan fingerprint density at radius 3 is 2.75 bits per heavy atom. The van der Waals surface area contributed by atoms with E-state index in [1.54, 1.807) is 16.9 Å². The molecule has 2 N–H and O–H groups in total. The minimum atomic E-state index is -2.59. The van der Waals surface area contributed by atoms with Gasteiger partial charge in [0.15, 0.2) is 0 Å². The van der Waals surface area contributed by atoms with Crippen molar-refractivity contribution in [2.75, 3.05) is 18.9 Å². The van der Waals surface area contributed by atoms with Gasteiger partial charge in [-0.25, -0.2) is 13.8 Å². The summed E-state index contributed by atoms with van der Waals surface area (Å²) >= 11 is 6.03. The van der Waals surface area contributed by atoms with Gasteiger partial charge in [-0.2, -0.15) is 5.10 Å². The predicted molar refractivity (Wildman–Crippen MR) is 86.3 cm³/mol. The summed E-state index contributed by atoms with van der Waals surface area (Å²) in [5, 5.41) is 4.92. The van der Waals surface area contributed by atoms with Crippen LogP contribution in [0, 0.1) is 0 Å². The second kappa shape index (κ2) is 5.67. The molecular weight excluding hydrogens is 338 g/mol. The van der Waals surface area contributed by atoms with E-state index in [1.807, 2.05) is 6.07 Å². The highest BCUT2D eigenvalue weighted by Gasteiger charge is 2.47. The molecule has 0 bridgehead atoms. The first-order chi connectivity index (χ1) is 11.4. The quantitative estimate of drug-likeness (QED) is 0.913. The van der Waals surface area contributed by atoms with Crippen LogP contribution in [-0.4, -0.2) is 33.9 Å². The highest BCUT2D eigenvalue weighted by Crippen LogP contribution is 2.47. The number of nitrogens with two attached hydrogens (primary N) is 1. The van der Waals surface area contributed by atoms with E-state index < -0.39 is 5.92 Å². The molecule has 2 aliphatic rings. The lowest BCUT2D eigenvalue weighted by Crippen LogP contribution is -2.38. The number of nitrogen functional groups attached to an aromatic ring is 1. The summed E-state index contributed by atoms with van der Waals surface area (Å²) in [6.07, 6.45) is 2.12. The molecule has 1 atom stereocenters. The third kappa shape index (κ3) is 2.75. The zero-order valence-electron chi connectivity index (χ0n) is 12.9. The molecule has 1 saturated carbocycles. The van der Waals surface area contributed by atoms with Crippen LogP contribution in [0.3, 0.4) is 0 Å².